The van der Waals surface area contributed by atoms with Gasteiger partial charge in [-0.3, -0.25) is 4.99 Å². The molecule has 0 aliphatic heterocycles. The smallest absolute Gasteiger partial charge is 0.0937 e. The largest absolute Gasteiger partial charge is 0.387 e. The Morgan fingerprint density at radius 2 is 2.23 bits per heavy atom. The zero-order valence-electron chi connectivity index (χ0n) is 8.79. The summed E-state index contributed by atoms with van der Waals surface area (Å²) in [4.78, 5) is 6.69. The lowest BCUT2D eigenvalue weighted by molar-refractivity contribution is 0.334. The predicted molar refractivity (Wildman–Crippen MR) is 57.0 cm³/mol. The van der Waals surface area contributed by atoms with E-state index < -0.39 is 0 Å². The van der Waals surface area contributed by atoms with Gasteiger partial charge in [-0.15, -0.1) is 0 Å². The van der Waals surface area contributed by atoms with Crippen LogP contribution >= 0.6 is 0 Å². The Balaban J connectivity index is 2.07. The van der Waals surface area contributed by atoms with Crippen molar-refractivity contribution in [2.24, 2.45) is 10.7 Å². The van der Waals surface area contributed by atoms with Crippen LogP contribution in [0.2, 0.25) is 0 Å². The van der Waals surface area contributed by atoms with Gasteiger partial charge in [0.1, 0.15) is 0 Å². The number of aliphatic imine (C=N–C) groups is 1. The van der Waals surface area contributed by atoms with Crippen molar-refractivity contribution < 1.29 is 0 Å². The first-order chi connectivity index (χ1) is 6.24. The van der Waals surface area contributed by atoms with E-state index in [4.69, 9.17) is 5.73 Å². The van der Waals surface area contributed by atoms with Crippen LogP contribution in [0.3, 0.4) is 0 Å². The van der Waals surface area contributed by atoms with Gasteiger partial charge in [0.2, 0.25) is 0 Å². The highest BCUT2D eigenvalue weighted by Gasteiger charge is 2.25. The fourth-order valence-corrected chi connectivity index (χ4v) is 1.38. The van der Waals surface area contributed by atoms with Gasteiger partial charge >= 0.3 is 0 Å². The van der Waals surface area contributed by atoms with E-state index in [2.05, 4.69) is 23.9 Å². The van der Waals surface area contributed by atoms with E-state index in [9.17, 15) is 0 Å². The van der Waals surface area contributed by atoms with Crippen molar-refractivity contribution >= 4 is 5.84 Å². The minimum Gasteiger partial charge on any atom is -0.387 e. The second-order valence-electron chi connectivity index (χ2n) is 3.83. The number of nitrogens with two attached hydrogens (primary N) is 1. The van der Waals surface area contributed by atoms with Crippen LogP contribution < -0.4 is 5.73 Å². The van der Waals surface area contributed by atoms with Gasteiger partial charge in [-0.2, -0.15) is 0 Å². The zero-order valence-corrected chi connectivity index (χ0v) is 8.79. The molecular formula is C10H21N3. The maximum absolute atomic E-state index is 5.69. The highest BCUT2D eigenvalue weighted by Crippen LogP contribution is 2.24. The second-order valence-corrected chi connectivity index (χ2v) is 3.83. The van der Waals surface area contributed by atoms with E-state index in [1.807, 2.05) is 0 Å². The molecule has 0 aromatic heterocycles. The molecule has 0 aromatic rings. The molecule has 0 spiro atoms. The predicted octanol–water partition coefficient (Wildman–Crippen LogP) is 1.24. The third-order valence-electron chi connectivity index (χ3n) is 2.44. The normalized spacial score (nSPS) is 18.2. The summed E-state index contributed by atoms with van der Waals surface area (Å²) >= 11 is 0. The number of likely N-dealkylation sites (N-methyl/N-ethyl adjacent to an activating group) is 1. The van der Waals surface area contributed by atoms with Crippen LogP contribution in [0, 0.1) is 0 Å². The zero-order chi connectivity index (χ0) is 9.68. The van der Waals surface area contributed by atoms with Gasteiger partial charge in [-0.05, 0) is 26.3 Å². The number of hydrogen-bond acceptors (Lipinski definition) is 2. The summed E-state index contributed by atoms with van der Waals surface area (Å²) in [5.74, 6) is 0.812. The van der Waals surface area contributed by atoms with Gasteiger partial charge in [0.05, 0.1) is 12.4 Å². The van der Waals surface area contributed by atoms with E-state index in [1.54, 1.807) is 0 Å². The Morgan fingerprint density at radius 1 is 1.54 bits per heavy atom. The van der Waals surface area contributed by atoms with E-state index >= 15 is 0 Å². The Kier molecular flexibility index (Phi) is 4.22. The molecule has 0 heterocycles. The van der Waals surface area contributed by atoms with Gasteiger partial charge in [-0.1, -0.05) is 6.92 Å². The van der Waals surface area contributed by atoms with E-state index in [-0.39, 0.29) is 0 Å². The van der Waals surface area contributed by atoms with Crippen LogP contribution in [0.1, 0.15) is 32.6 Å². The van der Waals surface area contributed by atoms with Crippen LogP contribution in [-0.2, 0) is 0 Å². The molecule has 1 saturated carbocycles. The van der Waals surface area contributed by atoms with Crippen LogP contribution in [-0.4, -0.2) is 36.9 Å². The monoisotopic (exact) mass is 183 g/mol. The summed E-state index contributed by atoms with van der Waals surface area (Å²) in [5, 5.41) is 0. The molecule has 1 fully saturated rings. The quantitative estimate of drug-likeness (QED) is 0.497. The molecule has 0 radical (unpaired) electrons. The fraction of sp³-hybridized carbons (Fsp3) is 0.900. The maximum Gasteiger partial charge on any atom is 0.0937 e. The first-order valence-electron chi connectivity index (χ1n) is 5.23. The molecule has 1 rings (SSSR count). The van der Waals surface area contributed by atoms with Gasteiger partial charge in [-0.25, -0.2) is 0 Å². The van der Waals surface area contributed by atoms with Crippen molar-refractivity contribution in [3.05, 3.63) is 0 Å². The Hall–Kier alpha value is -0.570. The average Bonchev–Trinajstić information content (AvgIpc) is 2.86. The molecule has 0 atom stereocenters. The molecule has 0 aromatic carbocycles. The number of amidine groups is 1. The molecule has 2 N–H and O–H groups in total. The maximum atomic E-state index is 5.69. The molecule has 13 heavy (non-hydrogen) atoms. The van der Waals surface area contributed by atoms with E-state index in [1.165, 1.54) is 12.8 Å². The summed E-state index contributed by atoms with van der Waals surface area (Å²) < 4.78 is 0. The molecule has 76 valence electrons. The van der Waals surface area contributed by atoms with Gasteiger partial charge < -0.3 is 10.6 Å². The van der Waals surface area contributed by atoms with Gasteiger partial charge in [0.25, 0.3) is 0 Å². The molecular weight excluding hydrogens is 162 g/mol. The van der Waals surface area contributed by atoms with Crippen molar-refractivity contribution in [3.8, 4) is 0 Å². The van der Waals surface area contributed by atoms with Crippen molar-refractivity contribution in [2.45, 2.75) is 38.6 Å². The first-order valence-corrected chi connectivity index (χ1v) is 5.23. The lowest BCUT2D eigenvalue weighted by atomic mass is 10.3. The summed E-state index contributed by atoms with van der Waals surface area (Å²) in [5.41, 5.74) is 5.69. The van der Waals surface area contributed by atoms with Crippen LogP contribution in [0.4, 0.5) is 0 Å². The van der Waals surface area contributed by atoms with Crippen molar-refractivity contribution in [3.63, 3.8) is 0 Å². The molecule has 0 saturated heterocycles. The topological polar surface area (TPSA) is 41.6 Å². The molecule has 1 aliphatic rings. The molecule has 0 bridgehead atoms. The van der Waals surface area contributed by atoms with E-state index in [0.717, 1.165) is 37.8 Å². The third kappa shape index (κ3) is 4.27. The molecule has 3 nitrogen and oxygen atoms in total. The van der Waals surface area contributed by atoms with Crippen molar-refractivity contribution in [2.75, 3.05) is 20.1 Å². The lowest BCUT2D eigenvalue weighted by Gasteiger charge is -2.13. The lowest BCUT2D eigenvalue weighted by Crippen LogP contribution is -2.24. The Morgan fingerprint density at radius 3 is 2.77 bits per heavy atom. The third-order valence-corrected chi connectivity index (χ3v) is 2.44. The minimum atomic E-state index is 0.812. The van der Waals surface area contributed by atoms with Gasteiger partial charge in [0, 0.05) is 19.0 Å². The van der Waals surface area contributed by atoms with Crippen LogP contribution in [0.15, 0.2) is 4.99 Å². The van der Waals surface area contributed by atoms with Crippen molar-refractivity contribution in [1.29, 1.82) is 0 Å². The number of nitrogens with zero attached hydrogens (tertiary/aromatic N) is 2. The van der Waals surface area contributed by atoms with Gasteiger partial charge in [0.15, 0.2) is 0 Å². The highest BCUT2D eigenvalue weighted by atomic mass is 15.2. The van der Waals surface area contributed by atoms with Crippen LogP contribution in [0.5, 0.6) is 0 Å². The fourth-order valence-electron chi connectivity index (χ4n) is 1.38. The molecule has 0 unspecified atom stereocenters. The van der Waals surface area contributed by atoms with Crippen molar-refractivity contribution in [1.82, 2.24) is 4.90 Å². The second kappa shape index (κ2) is 5.22. The number of hydrogen-bond donors (Lipinski definition) is 1. The summed E-state index contributed by atoms with van der Waals surface area (Å²) in [6.07, 6.45) is 4.76. The minimum absolute atomic E-state index is 0.812. The molecule has 3 heteroatoms. The van der Waals surface area contributed by atoms with Crippen LogP contribution in [0.25, 0.3) is 0 Å². The average molecular weight is 183 g/mol. The highest BCUT2D eigenvalue weighted by molar-refractivity contribution is 5.80. The SMILES string of the molecule is CCCC(N)=NCCN(C)C1CC1. The summed E-state index contributed by atoms with van der Waals surface area (Å²) in [7, 11) is 2.17. The Bertz CT molecular complexity index is 173. The summed E-state index contributed by atoms with van der Waals surface area (Å²) in [6, 6.07) is 0.836. The molecule has 1 aliphatic carbocycles. The Labute approximate surface area is 81.0 Å². The standard InChI is InChI=1S/C10H21N3/c1-3-4-10(11)12-7-8-13(2)9-5-6-9/h9H,3-8H2,1-2H3,(H2,11,12). The number of rotatable bonds is 6. The molecule has 0 amide bonds. The first kappa shape index (κ1) is 10.5. The van der Waals surface area contributed by atoms with E-state index in [0.29, 0.717) is 0 Å². The summed E-state index contributed by atoms with van der Waals surface area (Å²) in [6.45, 7) is 4.03.